The lowest BCUT2D eigenvalue weighted by molar-refractivity contribution is -0.112. The molecule has 0 radical (unpaired) electrons. The van der Waals surface area contributed by atoms with Crippen molar-refractivity contribution in [2.45, 2.75) is 33.7 Å². The van der Waals surface area contributed by atoms with Crippen LogP contribution in [0.5, 0.6) is 0 Å². The maximum Gasteiger partial charge on any atom is 0.341 e. The van der Waals surface area contributed by atoms with Crippen LogP contribution in [0, 0.1) is 36.5 Å². The number of hydrogen-bond donors (Lipinski definition) is 1. The van der Waals surface area contributed by atoms with Gasteiger partial charge in [-0.3, -0.25) is 4.79 Å². The van der Waals surface area contributed by atoms with Gasteiger partial charge >= 0.3 is 5.97 Å². The molecule has 1 N–H and O–H groups in total. The predicted octanol–water partition coefficient (Wildman–Crippen LogP) is 4.96. The highest BCUT2D eigenvalue weighted by molar-refractivity contribution is 7.16. The Kier molecular flexibility index (Phi) is 7.09. The lowest BCUT2D eigenvalue weighted by atomic mass is 10.1. The van der Waals surface area contributed by atoms with Crippen LogP contribution in [0.4, 0.5) is 5.00 Å². The molecule has 0 unspecified atom stereocenters. The van der Waals surface area contributed by atoms with Gasteiger partial charge in [0.15, 0.2) is 0 Å². The number of anilines is 1. The van der Waals surface area contributed by atoms with Gasteiger partial charge in [-0.1, -0.05) is 18.2 Å². The van der Waals surface area contributed by atoms with Crippen molar-refractivity contribution in [3.8, 4) is 12.1 Å². The number of aromatic nitrogens is 1. The van der Waals surface area contributed by atoms with Gasteiger partial charge in [0.25, 0.3) is 5.91 Å². The monoisotopic (exact) mass is 446 g/mol. The topological polar surface area (TPSA) is 108 Å². The second-order valence-corrected chi connectivity index (χ2v) is 8.26. The van der Waals surface area contributed by atoms with Gasteiger partial charge in [0, 0.05) is 34.1 Å². The van der Waals surface area contributed by atoms with E-state index < -0.39 is 11.9 Å². The molecule has 0 saturated carbocycles. The number of hydrogen-bond acceptors (Lipinski definition) is 6. The van der Waals surface area contributed by atoms with Crippen LogP contribution in [0.3, 0.4) is 0 Å². The number of carbonyl (C=O) groups is 2. The molecule has 1 aromatic carbocycles. The summed E-state index contributed by atoms with van der Waals surface area (Å²) in [4.78, 5) is 26.2. The summed E-state index contributed by atoms with van der Waals surface area (Å²) in [6.07, 6.45) is 3.70. The van der Waals surface area contributed by atoms with Crippen molar-refractivity contribution < 1.29 is 14.3 Å². The van der Waals surface area contributed by atoms with Crippen LogP contribution in [-0.2, 0) is 16.1 Å². The summed E-state index contributed by atoms with van der Waals surface area (Å²) in [7, 11) is 0. The Morgan fingerprint density at radius 2 is 2.00 bits per heavy atom. The molecule has 3 aromatic rings. The number of carbonyl (C=O) groups excluding carboxylic acids is 2. The first-order valence-electron chi connectivity index (χ1n) is 10.1. The molecule has 0 aliphatic rings. The van der Waals surface area contributed by atoms with E-state index in [2.05, 4.69) is 11.4 Å². The van der Waals surface area contributed by atoms with Gasteiger partial charge in [-0.05, 0) is 38.5 Å². The number of nitriles is 2. The fraction of sp³-hybridized carbons (Fsp3) is 0.250. The molecule has 32 heavy (non-hydrogen) atoms. The number of nitrogens with zero attached hydrogens (tertiary/aromatic N) is 3. The fourth-order valence-corrected chi connectivity index (χ4v) is 4.43. The molecule has 8 heteroatoms. The summed E-state index contributed by atoms with van der Waals surface area (Å²) in [5.74, 6) is -1.11. The van der Waals surface area contributed by atoms with Crippen molar-refractivity contribution in [3.63, 3.8) is 0 Å². The number of ether oxygens (including phenoxy) is 1. The number of fused-ring (bicyclic) bond motifs is 1. The van der Waals surface area contributed by atoms with E-state index in [1.165, 1.54) is 17.4 Å². The van der Waals surface area contributed by atoms with Crippen LogP contribution in [0.2, 0.25) is 0 Å². The summed E-state index contributed by atoms with van der Waals surface area (Å²) in [6, 6.07) is 11.7. The van der Waals surface area contributed by atoms with Crippen molar-refractivity contribution in [1.29, 1.82) is 10.5 Å². The van der Waals surface area contributed by atoms with Crippen molar-refractivity contribution in [1.82, 2.24) is 4.57 Å². The van der Waals surface area contributed by atoms with E-state index in [9.17, 15) is 14.9 Å². The third-order valence-corrected chi connectivity index (χ3v) is 6.16. The van der Waals surface area contributed by atoms with Crippen molar-refractivity contribution in [2.75, 3.05) is 11.9 Å². The lowest BCUT2D eigenvalue weighted by Crippen LogP contribution is -2.16. The van der Waals surface area contributed by atoms with E-state index in [4.69, 9.17) is 10.00 Å². The highest BCUT2D eigenvalue weighted by Crippen LogP contribution is 2.33. The van der Waals surface area contributed by atoms with Crippen molar-refractivity contribution in [2.24, 2.45) is 0 Å². The third kappa shape index (κ3) is 4.56. The second-order valence-electron chi connectivity index (χ2n) is 7.03. The lowest BCUT2D eigenvalue weighted by Gasteiger charge is -2.06. The molecule has 3 rings (SSSR count). The number of para-hydroxylation sites is 1. The van der Waals surface area contributed by atoms with Gasteiger partial charge < -0.3 is 14.6 Å². The Hall–Kier alpha value is -3.88. The average molecular weight is 447 g/mol. The number of esters is 1. The maximum atomic E-state index is 12.9. The molecule has 0 spiro atoms. The molecular weight excluding hydrogens is 424 g/mol. The minimum atomic E-state index is -0.604. The van der Waals surface area contributed by atoms with Gasteiger partial charge in [0.05, 0.1) is 24.7 Å². The van der Waals surface area contributed by atoms with E-state index in [1.807, 2.05) is 48.0 Å². The first-order valence-corrected chi connectivity index (χ1v) is 10.9. The van der Waals surface area contributed by atoms with Gasteiger partial charge in [-0.25, -0.2) is 4.79 Å². The summed E-state index contributed by atoms with van der Waals surface area (Å²) in [5, 5.41) is 22.5. The summed E-state index contributed by atoms with van der Waals surface area (Å²) in [6.45, 7) is 6.10. The minimum Gasteiger partial charge on any atom is -0.462 e. The molecule has 1 amide bonds. The molecule has 7 nitrogen and oxygen atoms in total. The highest BCUT2D eigenvalue weighted by Gasteiger charge is 2.23. The van der Waals surface area contributed by atoms with E-state index in [1.54, 1.807) is 13.8 Å². The first-order chi connectivity index (χ1) is 15.4. The fourth-order valence-electron chi connectivity index (χ4n) is 3.38. The normalized spacial score (nSPS) is 11.1. The number of benzene rings is 1. The molecule has 0 saturated heterocycles. The van der Waals surface area contributed by atoms with Gasteiger partial charge in [-0.2, -0.15) is 10.5 Å². The SMILES string of the molecule is CCOC(=O)c1c(NC(=O)/C(C#N)=C/c2cn(CCC#N)c3ccccc23)sc(C)c1C. The number of aryl methyl sites for hydroxylation is 2. The molecular formula is C24H22N4O3S. The standard InChI is InChI=1S/C24H22N4O3S/c1-4-31-24(30)21-15(2)16(3)32-23(21)27-22(29)17(13-26)12-18-14-28(11-7-10-25)20-9-6-5-8-19(18)20/h5-6,8-9,12,14H,4,7,11H2,1-3H3,(H,27,29)/b17-12+. The minimum absolute atomic E-state index is 0.0910. The number of thiophene rings is 1. The van der Waals surface area contributed by atoms with Crippen LogP contribution in [-0.4, -0.2) is 23.1 Å². The zero-order valence-electron chi connectivity index (χ0n) is 18.1. The third-order valence-electron chi connectivity index (χ3n) is 5.04. The summed E-state index contributed by atoms with van der Waals surface area (Å²) in [5.41, 5.74) is 2.58. The van der Waals surface area contributed by atoms with E-state index in [0.717, 1.165) is 21.3 Å². The Balaban J connectivity index is 1.96. The van der Waals surface area contributed by atoms with Crippen LogP contribution < -0.4 is 5.32 Å². The van der Waals surface area contributed by atoms with Gasteiger partial charge in [0.1, 0.15) is 16.6 Å². The molecule has 0 aliphatic heterocycles. The molecule has 2 heterocycles. The molecule has 0 atom stereocenters. The largest absolute Gasteiger partial charge is 0.462 e. The van der Waals surface area contributed by atoms with Crippen molar-refractivity contribution >= 4 is 45.2 Å². The van der Waals surface area contributed by atoms with Crippen LogP contribution >= 0.6 is 11.3 Å². The van der Waals surface area contributed by atoms with E-state index in [0.29, 0.717) is 29.1 Å². The zero-order chi connectivity index (χ0) is 23.3. The predicted molar refractivity (Wildman–Crippen MR) is 124 cm³/mol. The quantitative estimate of drug-likeness (QED) is 0.314. The zero-order valence-corrected chi connectivity index (χ0v) is 18.9. The summed E-state index contributed by atoms with van der Waals surface area (Å²) >= 11 is 1.27. The first kappa shape index (κ1) is 22.8. The Morgan fingerprint density at radius 3 is 2.69 bits per heavy atom. The number of rotatable bonds is 7. The second kappa shape index (κ2) is 9.95. The smallest absolute Gasteiger partial charge is 0.341 e. The molecule has 0 bridgehead atoms. The van der Waals surface area contributed by atoms with Gasteiger partial charge in [0.2, 0.25) is 0 Å². The van der Waals surface area contributed by atoms with Crippen molar-refractivity contribution in [3.05, 3.63) is 57.6 Å². The molecule has 2 aromatic heterocycles. The Bertz CT molecular complexity index is 1300. The molecule has 162 valence electrons. The Labute approximate surface area is 190 Å². The van der Waals surface area contributed by atoms with Gasteiger partial charge in [-0.15, -0.1) is 11.3 Å². The number of amides is 1. The van der Waals surface area contributed by atoms with Crippen LogP contribution in [0.25, 0.3) is 17.0 Å². The molecule has 0 fully saturated rings. The summed E-state index contributed by atoms with van der Waals surface area (Å²) < 4.78 is 7.05. The van der Waals surface area contributed by atoms with Crippen LogP contribution in [0.15, 0.2) is 36.0 Å². The highest BCUT2D eigenvalue weighted by atomic mass is 32.1. The Morgan fingerprint density at radius 1 is 1.25 bits per heavy atom. The van der Waals surface area contributed by atoms with E-state index in [-0.39, 0.29) is 12.2 Å². The average Bonchev–Trinajstić information content (AvgIpc) is 3.27. The number of nitrogens with one attached hydrogen (secondary N) is 1. The van der Waals surface area contributed by atoms with E-state index >= 15 is 0 Å². The maximum absolute atomic E-state index is 12.9. The molecule has 0 aliphatic carbocycles. The van der Waals surface area contributed by atoms with Crippen LogP contribution in [0.1, 0.15) is 39.7 Å².